The largest absolute Gasteiger partial charge is 0.454 e. The van der Waals surface area contributed by atoms with Crippen LogP contribution in [0.3, 0.4) is 0 Å². The van der Waals surface area contributed by atoms with Crippen molar-refractivity contribution in [3.8, 4) is 11.5 Å². The quantitative estimate of drug-likeness (QED) is 0.800. The summed E-state index contributed by atoms with van der Waals surface area (Å²) >= 11 is 0. The van der Waals surface area contributed by atoms with Crippen molar-refractivity contribution in [1.82, 2.24) is 5.32 Å². The van der Waals surface area contributed by atoms with Crippen molar-refractivity contribution < 1.29 is 18.7 Å². The lowest BCUT2D eigenvalue weighted by molar-refractivity contribution is 0.0952. The predicted molar refractivity (Wildman–Crippen MR) is 87.6 cm³/mol. The van der Waals surface area contributed by atoms with Crippen LogP contribution in [-0.4, -0.2) is 12.7 Å². The van der Waals surface area contributed by atoms with E-state index in [9.17, 15) is 9.18 Å². The van der Waals surface area contributed by atoms with Gasteiger partial charge >= 0.3 is 0 Å². The van der Waals surface area contributed by atoms with Crippen LogP contribution in [-0.2, 0) is 6.54 Å². The van der Waals surface area contributed by atoms with Crippen LogP contribution >= 0.6 is 0 Å². The van der Waals surface area contributed by atoms with Gasteiger partial charge in [0.15, 0.2) is 11.5 Å². The molecule has 0 atom stereocenters. The van der Waals surface area contributed by atoms with Crippen LogP contribution in [0, 0.1) is 5.82 Å². The molecule has 0 saturated heterocycles. The second-order valence-electron chi connectivity index (χ2n) is 5.51. The number of amides is 1. The fourth-order valence-electron chi connectivity index (χ4n) is 2.79. The van der Waals surface area contributed by atoms with E-state index in [2.05, 4.69) is 5.32 Å². The normalized spacial score (nSPS) is 12.4. The SMILES string of the molecule is O=C(NCc1ccc2c(c1)OCO2)c1ccc(F)c2ccccc12. The fourth-order valence-corrected chi connectivity index (χ4v) is 2.79. The Morgan fingerprint density at radius 2 is 1.79 bits per heavy atom. The number of halogens is 1. The van der Waals surface area contributed by atoms with Crippen LogP contribution < -0.4 is 14.8 Å². The topological polar surface area (TPSA) is 47.6 Å². The Labute approximate surface area is 137 Å². The molecule has 0 spiro atoms. The highest BCUT2D eigenvalue weighted by molar-refractivity contribution is 6.07. The number of carbonyl (C=O) groups is 1. The molecule has 4 rings (SSSR count). The summed E-state index contributed by atoms with van der Waals surface area (Å²) < 4.78 is 24.4. The molecule has 120 valence electrons. The second kappa shape index (κ2) is 5.85. The van der Waals surface area contributed by atoms with Gasteiger partial charge in [0.1, 0.15) is 5.82 Å². The lowest BCUT2D eigenvalue weighted by Gasteiger charge is -2.09. The van der Waals surface area contributed by atoms with E-state index in [1.54, 1.807) is 24.3 Å². The Bertz CT molecular complexity index is 939. The number of hydrogen-bond donors (Lipinski definition) is 1. The number of ether oxygens (including phenoxy) is 2. The molecular formula is C19H14FNO3. The molecule has 0 fully saturated rings. The van der Waals surface area contributed by atoms with E-state index in [1.807, 2.05) is 18.2 Å². The molecule has 3 aromatic rings. The average molecular weight is 323 g/mol. The van der Waals surface area contributed by atoms with Gasteiger partial charge in [-0.3, -0.25) is 4.79 Å². The minimum atomic E-state index is -0.335. The van der Waals surface area contributed by atoms with Gasteiger partial charge in [-0.1, -0.05) is 30.3 Å². The Kier molecular flexibility index (Phi) is 3.54. The van der Waals surface area contributed by atoms with Gasteiger partial charge < -0.3 is 14.8 Å². The first kappa shape index (κ1) is 14.5. The first-order valence-corrected chi connectivity index (χ1v) is 7.56. The van der Waals surface area contributed by atoms with Crippen LogP contribution in [0.1, 0.15) is 15.9 Å². The average Bonchev–Trinajstić information content (AvgIpc) is 3.08. The predicted octanol–water partition coefficient (Wildman–Crippen LogP) is 3.64. The van der Waals surface area contributed by atoms with E-state index in [1.165, 1.54) is 12.1 Å². The highest BCUT2D eigenvalue weighted by atomic mass is 19.1. The third-order valence-electron chi connectivity index (χ3n) is 4.01. The second-order valence-corrected chi connectivity index (χ2v) is 5.51. The third-order valence-corrected chi connectivity index (χ3v) is 4.01. The van der Waals surface area contributed by atoms with Crippen molar-refractivity contribution in [3.05, 3.63) is 71.5 Å². The van der Waals surface area contributed by atoms with E-state index < -0.39 is 0 Å². The van der Waals surface area contributed by atoms with Gasteiger partial charge in [-0.15, -0.1) is 0 Å². The number of carbonyl (C=O) groups excluding carboxylic acids is 1. The molecule has 0 unspecified atom stereocenters. The molecule has 0 aliphatic carbocycles. The van der Waals surface area contributed by atoms with Crippen molar-refractivity contribution in [2.24, 2.45) is 0 Å². The lowest BCUT2D eigenvalue weighted by Crippen LogP contribution is -2.23. The number of rotatable bonds is 3. The molecule has 0 aromatic heterocycles. The number of benzene rings is 3. The number of fused-ring (bicyclic) bond motifs is 2. The molecule has 0 saturated carbocycles. The summed E-state index contributed by atoms with van der Waals surface area (Å²) in [6.07, 6.45) is 0. The zero-order valence-corrected chi connectivity index (χ0v) is 12.7. The molecule has 1 N–H and O–H groups in total. The molecule has 1 heterocycles. The van der Waals surface area contributed by atoms with Crippen molar-refractivity contribution in [2.45, 2.75) is 6.54 Å². The molecule has 5 heteroatoms. The summed E-state index contributed by atoms with van der Waals surface area (Å²) in [5.41, 5.74) is 1.35. The van der Waals surface area contributed by atoms with E-state index in [4.69, 9.17) is 9.47 Å². The molecule has 4 nitrogen and oxygen atoms in total. The standard InChI is InChI=1S/C19H14FNO3/c20-16-7-6-15(13-3-1-2-4-14(13)16)19(22)21-10-12-5-8-17-18(9-12)24-11-23-17/h1-9H,10-11H2,(H,21,22). The summed E-state index contributed by atoms with van der Waals surface area (Å²) in [6, 6.07) is 15.3. The molecule has 3 aromatic carbocycles. The Morgan fingerprint density at radius 3 is 2.67 bits per heavy atom. The Morgan fingerprint density at radius 1 is 1.00 bits per heavy atom. The number of nitrogens with one attached hydrogen (secondary N) is 1. The molecule has 1 amide bonds. The Balaban J connectivity index is 1.56. The maximum Gasteiger partial charge on any atom is 0.252 e. The molecule has 0 radical (unpaired) electrons. The molecular weight excluding hydrogens is 309 g/mol. The highest BCUT2D eigenvalue weighted by Crippen LogP contribution is 2.32. The third kappa shape index (κ3) is 2.54. The maximum atomic E-state index is 13.9. The summed E-state index contributed by atoms with van der Waals surface area (Å²) in [6.45, 7) is 0.563. The van der Waals surface area contributed by atoms with E-state index in [-0.39, 0.29) is 18.5 Å². The van der Waals surface area contributed by atoms with Gasteiger partial charge in [0.05, 0.1) is 0 Å². The monoisotopic (exact) mass is 323 g/mol. The summed E-state index contributed by atoms with van der Waals surface area (Å²) in [7, 11) is 0. The van der Waals surface area contributed by atoms with Crippen molar-refractivity contribution >= 4 is 16.7 Å². The van der Waals surface area contributed by atoms with Crippen molar-refractivity contribution in [3.63, 3.8) is 0 Å². The van der Waals surface area contributed by atoms with Gasteiger partial charge in [-0.25, -0.2) is 4.39 Å². The van der Waals surface area contributed by atoms with E-state index >= 15 is 0 Å². The Hall–Kier alpha value is -3.08. The zero-order valence-electron chi connectivity index (χ0n) is 12.7. The highest BCUT2D eigenvalue weighted by Gasteiger charge is 2.15. The van der Waals surface area contributed by atoms with Crippen LogP contribution in [0.25, 0.3) is 10.8 Å². The maximum absolute atomic E-state index is 13.9. The van der Waals surface area contributed by atoms with E-state index in [0.29, 0.717) is 34.4 Å². The first-order chi connectivity index (χ1) is 11.7. The molecule has 1 aliphatic heterocycles. The van der Waals surface area contributed by atoms with Crippen LogP contribution in [0.2, 0.25) is 0 Å². The minimum Gasteiger partial charge on any atom is -0.454 e. The van der Waals surface area contributed by atoms with Crippen LogP contribution in [0.15, 0.2) is 54.6 Å². The fraction of sp³-hybridized carbons (Fsp3) is 0.105. The van der Waals surface area contributed by atoms with E-state index in [0.717, 1.165) is 5.56 Å². The van der Waals surface area contributed by atoms with Crippen molar-refractivity contribution in [1.29, 1.82) is 0 Å². The van der Waals surface area contributed by atoms with Gasteiger partial charge in [0.25, 0.3) is 5.91 Å². The summed E-state index contributed by atoms with van der Waals surface area (Å²) in [5.74, 6) is 0.797. The first-order valence-electron chi connectivity index (χ1n) is 7.56. The zero-order chi connectivity index (χ0) is 16.5. The summed E-state index contributed by atoms with van der Waals surface area (Å²) in [4.78, 5) is 12.5. The van der Waals surface area contributed by atoms with Crippen molar-refractivity contribution in [2.75, 3.05) is 6.79 Å². The molecule has 1 aliphatic rings. The van der Waals surface area contributed by atoms with Gasteiger partial charge in [0, 0.05) is 17.5 Å². The summed E-state index contributed by atoms with van der Waals surface area (Å²) in [5, 5.41) is 3.90. The smallest absolute Gasteiger partial charge is 0.252 e. The molecule has 0 bridgehead atoms. The minimum absolute atomic E-state index is 0.215. The van der Waals surface area contributed by atoms with Gasteiger partial charge in [-0.2, -0.15) is 0 Å². The number of hydrogen-bond acceptors (Lipinski definition) is 3. The van der Waals surface area contributed by atoms with Crippen LogP contribution in [0.5, 0.6) is 11.5 Å². The van der Waals surface area contributed by atoms with Gasteiger partial charge in [-0.05, 0) is 35.2 Å². The van der Waals surface area contributed by atoms with Crippen LogP contribution in [0.4, 0.5) is 4.39 Å². The van der Waals surface area contributed by atoms with Gasteiger partial charge in [0.2, 0.25) is 6.79 Å². The lowest BCUT2D eigenvalue weighted by atomic mass is 10.0. The molecule has 24 heavy (non-hydrogen) atoms.